The Balaban J connectivity index is 1.99. The van der Waals surface area contributed by atoms with Gasteiger partial charge in [0.2, 0.25) is 5.95 Å². The molecule has 24 heavy (non-hydrogen) atoms. The van der Waals surface area contributed by atoms with E-state index >= 15 is 0 Å². The van der Waals surface area contributed by atoms with Gasteiger partial charge in [0.15, 0.2) is 5.82 Å². The lowest BCUT2D eigenvalue weighted by molar-refractivity contribution is 0.0947. The number of aromatic nitrogens is 3. The van der Waals surface area contributed by atoms with Crippen molar-refractivity contribution in [1.82, 2.24) is 14.8 Å². The predicted molar refractivity (Wildman–Crippen MR) is 92.1 cm³/mol. The summed E-state index contributed by atoms with van der Waals surface area (Å²) in [5.41, 5.74) is 9.45. The van der Waals surface area contributed by atoms with Crippen LogP contribution in [0.15, 0.2) is 42.5 Å². The first-order valence-electron chi connectivity index (χ1n) is 7.48. The Morgan fingerprint density at radius 3 is 2.62 bits per heavy atom. The van der Waals surface area contributed by atoms with Gasteiger partial charge in [0.25, 0.3) is 5.91 Å². The van der Waals surface area contributed by atoms with Crippen LogP contribution in [0, 0.1) is 13.8 Å². The maximum atomic E-state index is 12.6. The van der Waals surface area contributed by atoms with Crippen molar-refractivity contribution in [2.24, 2.45) is 0 Å². The minimum atomic E-state index is -0.353. The summed E-state index contributed by atoms with van der Waals surface area (Å²) in [5.74, 6) is 0.714. The van der Waals surface area contributed by atoms with Gasteiger partial charge in [-0.05, 0) is 49.2 Å². The summed E-state index contributed by atoms with van der Waals surface area (Å²) in [6, 6.07) is 12.7. The molecule has 0 atom stereocenters. The van der Waals surface area contributed by atoms with Crippen LogP contribution in [-0.4, -0.2) is 27.8 Å². The van der Waals surface area contributed by atoms with Crippen molar-refractivity contribution in [3.8, 4) is 17.1 Å². The largest absolute Gasteiger partial charge is 0.497 e. The Morgan fingerprint density at radius 2 is 1.92 bits per heavy atom. The Hall–Kier alpha value is -3.15. The Bertz CT molecular complexity index is 915. The summed E-state index contributed by atoms with van der Waals surface area (Å²) in [6.07, 6.45) is 0. The molecule has 6 nitrogen and oxygen atoms in total. The highest BCUT2D eigenvalue weighted by Crippen LogP contribution is 2.21. The second-order valence-corrected chi connectivity index (χ2v) is 5.54. The maximum absolute atomic E-state index is 12.6. The molecule has 0 aliphatic rings. The van der Waals surface area contributed by atoms with Crippen LogP contribution in [0.25, 0.3) is 11.4 Å². The smallest absolute Gasteiger partial charge is 0.281 e. The van der Waals surface area contributed by atoms with E-state index in [2.05, 4.69) is 10.1 Å². The van der Waals surface area contributed by atoms with Gasteiger partial charge in [-0.1, -0.05) is 18.2 Å². The van der Waals surface area contributed by atoms with E-state index in [4.69, 9.17) is 10.5 Å². The van der Waals surface area contributed by atoms with Crippen LogP contribution in [0.5, 0.6) is 5.75 Å². The number of hydrogen-bond donors (Lipinski definition) is 1. The van der Waals surface area contributed by atoms with E-state index < -0.39 is 0 Å². The molecule has 0 radical (unpaired) electrons. The van der Waals surface area contributed by atoms with Crippen LogP contribution >= 0.6 is 0 Å². The van der Waals surface area contributed by atoms with Crippen LogP contribution in [0.3, 0.4) is 0 Å². The van der Waals surface area contributed by atoms with E-state index in [9.17, 15) is 4.79 Å². The predicted octanol–water partition coefficient (Wildman–Crippen LogP) is 2.84. The molecule has 0 bridgehead atoms. The van der Waals surface area contributed by atoms with Crippen LogP contribution in [0.4, 0.5) is 5.95 Å². The molecule has 0 saturated carbocycles. The maximum Gasteiger partial charge on any atom is 0.281 e. The Morgan fingerprint density at radius 1 is 1.12 bits per heavy atom. The summed E-state index contributed by atoms with van der Waals surface area (Å²) in [4.78, 5) is 16.8. The number of hydrogen-bond acceptors (Lipinski definition) is 5. The molecular formula is C18H18N4O2. The molecule has 0 aliphatic heterocycles. The molecule has 0 fully saturated rings. The van der Waals surface area contributed by atoms with Crippen molar-refractivity contribution in [2.75, 3.05) is 12.8 Å². The Labute approximate surface area is 139 Å². The number of nitrogens with two attached hydrogens (primary N) is 1. The minimum absolute atomic E-state index is 0.0519. The van der Waals surface area contributed by atoms with Crippen molar-refractivity contribution < 1.29 is 9.53 Å². The van der Waals surface area contributed by atoms with Gasteiger partial charge in [-0.15, -0.1) is 5.10 Å². The second-order valence-electron chi connectivity index (χ2n) is 5.54. The van der Waals surface area contributed by atoms with Gasteiger partial charge in [0, 0.05) is 11.1 Å². The number of anilines is 1. The number of methoxy groups -OCH3 is 1. The van der Waals surface area contributed by atoms with E-state index in [1.54, 1.807) is 31.4 Å². The minimum Gasteiger partial charge on any atom is -0.497 e. The van der Waals surface area contributed by atoms with Crippen molar-refractivity contribution in [2.45, 2.75) is 13.8 Å². The molecule has 6 heteroatoms. The van der Waals surface area contributed by atoms with E-state index in [-0.39, 0.29) is 11.9 Å². The van der Waals surface area contributed by atoms with Gasteiger partial charge < -0.3 is 10.5 Å². The second kappa shape index (κ2) is 6.16. The number of rotatable bonds is 3. The average Bonchev–Trinajstić information content (AvgIpc) is 2.98. The molecule has 0 amide bonds. The molecule has 2 aromatic carbocycles. The lowest BCUT2D eigenvalue weighted by Gasteiger charge is -2.04. The first kappa shape index (κ1) is 15.7. The molecule has 1 heterocycles. The van der Waals surface area contributed by atoms with E-state index in [1.165, 1.54) is 5.56 Å². The van der Waals surface area contributed by atoms with Gasteiger partial charge in [0.05, 0.1) is 7.11 Å². The number of carbonyl (C=O) groups is 1. The third-order valence-corrected chi connectivity index (χ3v) is 3.91. The molecule has 0 spiro atoms. The van der Waals surface area contributed by atoms with Crippen LogP contribution in [-0.2, 0) is 0 Å². The monoisotopic (exact) mass is 322 g/mol. The summed E-state index contributed by atoms with van der Waals surface area (Å²) in [7, 11) is 1.55. The highest BCUT2D eigenvalue weighted by atomic mass is 16.5. The lowest BCUT2D eigenvalue weighted by Crippen LogP contribution is -2.16. The fraction of sp³-hybridized carbons (Fsp3) is 0.167. The zero-order chi connectivity index (χ0) is 17.3. The van der Waals surface area contributed by atoms with Crippen molar-refractivity contribution in [3.63, 3.8) is 0 Å². The van der Waals surface area contributed by atoms with Gasteiger partial charge in [-0.25, -0.2) is 0 Å². The normalized spacial score (nSPS) is 10.6. The fourth-order valence-corrected chi connectivity index (χ4v) is 2.35. The van der Waals surface area contributed by atoms with E-state index in [0.717, 1.165) is 15.8 Å². The Kier molecular flexibility index (Phi) is 4.04. The highest BCUT2D eigenvalue weighted by molar-refractivity contribution is 5.97. The summed E-state index contributed by atoms with van der Waals surface area (Å²) < 4.78 is 6.25. The number of carbonyl (C=O) groups excluding carboxylic acids is 1. The molecule has 2 N–H and O–H groups in total. The SMILES string of the molecule is COc1cccc(C(=O)n2nc(-c3ccc(C)c(C)c3)nc2N)c1. The van der Waals surface area contributed by atoms with Gasteiger partial charge in [-0.3, -0.25) is 4.79 Å². The average molecular weight is 322 g/mol. The quantitative estimate of drug-likeness (QED) is 0.801. The first-order valence-corrected chi connectivity index (χ1v) is 7.48. The summed E-state index contributed by atoms with van der Waals surface area (Å²) in [5, 5.41) is 4.27. The zero-order valence-electron chi connectivity index (χ0n) is 13.8. The number of ether oxygens (including phenoxy) is 1. The summed E-state index contributed by atoms with van der Waals surface area (Å²) >= 11 is 0. The fourth-order valence-electron chi connectivity index (χ4n) is 2.35. The van der Waals surface area contributed by atoms with Crippen LogP contribution < -0.4 is 10.5 Å². The van der Waals surface area contributed by atoms with Crippen molar-refractivity contribution in [3.05, 3.63) is 59.2 Å². The van der Waals surface area contributed by atoms with Gasteiger partial charge in [0.1, 0.15) is 5.75 Å². The molecule has 0 aliphatic carbocycles. The van der Waals surface area contributed by atoms with Crippen molar-refractivity contribution >= 4 is 11.9 Å². The van der Waals surface area contributed by atoms with Crippen LogP contribution in [0.1, 0.15) is 21.5 Å². The van der Waals surface area contributed by atoms with Gasteiger partial charge >= 0.3 is 0 Å². The third kappa shape index (κ3) is 2.86. The topological polar surface area (TPSA) is 83.0 Å². The first-order chi connectivity index (χ1) is 11.5. The van der Waals surface area contributed by atoms with E-state index in [1.807, 2.05) is 32.0 Å². The number of nitrogen functional groups attached to an aromatic ring is 1. The summed E-state index contributed by atoms with van der Waals surface area (Å²) in [6.45, 7) is 4.05. The number of benzene rings is 2. The van der Waals surface area contributed by atoms with Crippen LogP contribution in [0.2, 0.25) is 0 Å². The highest BCUT2D eigenvalue weighted by Gasteiger charge is 2.17. The number of aryl methyl sites for hydroxylation is 2. The van der Waals surface area contributed by atoms with E-state index in [0.29, 0.717) is 17.1 Å². The molecule has 3 rings (SSSR count). The molecule has 0 unspecified atom stereocenters. The molecule has 122 valence electrons. The molecular weight excluding hydrogens is 304 g/mol. The molecule has 0 saturated heterocycles. The number of nitrogens with zero attached hydrogens (tertiary/aromatic N) is 3. The zero-order valence-corrected chi connectivity index (χ0v) is 13.8. The lowest BCUT2D eigenvalue weighted by atomic mass is 10.1. The molecule has 1 aromatic heterocycles. The molecule has 3 aromatic rings. The van der Waals surface area contributed by atoms with Crippen molar-refractivity contribution in [1.29, 1.82) is 0 Å². The third-order valence-electron chi connectivity index (χ3n) is 3.91. The van der Waals surface area contributed by atoms with Gasteiger partial charge in [-0.2, -0.15) is 9.67 Å². The standard InChI is InChI=1S/C18H18N4O2/c1-11-7-8-13(9-12(11)2)16-20-18(19)22(21-16)17(23)14-5-4-6-15(10-14)24-3/h4-10H,1-3H3,(H2,19,20,21).